The Labute approximate surface area is 650 Å². The summed E-state index contributed by atoms with van der Waals surface area (Å²) < 4.78 is 295. The molecule has 4 saturated heterocycles. The van der Waals surface area contributed by atoms with E-state index in [2.05, 4.69) is 11.9 Å². The zero-order chi connectivity index (χ0) is 88.7. The van der Waals surface area contributed by atoms with Gasteiger partial charge >= 0.3 is 48.4 Å². The molecular formula is C65H62F8N8O31P4. The Balaban J connectivity index is 0.000000140. The molecule has 16 rings (SSSR count). The van der Waals surface area contributed by atoms with Crippen LogP contribution in [0.1, 0.15) is 74.8 Å². The molecule has 0 radical (unpaired) electrons. The van der Waals surface area contributed by atoms with Crippen LogP contribution in [0.3, 0.4) is 0 Å². The molecule has 4 unspecified atom stereocenters. The maximum Gasteiger partial charge on any atom is 0.530 e. The Bertz CT molecular complexity index is 5930. The van der Waals surface area contributed by atoms with Crippen molar-refractivity contribution in [1.82, 2.24) is 38.9 Å². The number of carbonyl (C=O) groups excluding carboxylic acids is 1. The Hall–Kier alpha value is -9.41. The maximum absolute atomic E-state index is 15.6. The summed E-state index contributed by atoms with van der Waals surface area (Å²) in [6.07, 6.45) is -14.1. The largest absolute Gasteiger partial charge is 0.530 e. The van der Waals surface area contributed by atoms with Crippen molar-refractivity contribution in [1.29, 1.82) is 0 Å². The van der Waals surface area contributed by atoms with Crippen molar-refractivity contribution in [2.75, 3.05) is 26.3 Å². The number of ether oxygens (including phenoxy) is 4. The average molecular weight is 1730 g/mol. The number of hydrogen-bond donors (Lipinski definition) is 8. The summed E-state index contributed by atoms with van der Waals surface area (Å²) >= 11 is 0. The number of rotatable bonds is 16. The fourth-order valence-electron chi connectivity index (χ4n) is 11.5. The molecule has 4 aromatic carbocycles. The van der Waals surface area contributed by atoms with E-state index in [0.717, 1.165) is 119 Å². The van der Waals surface area contributed by atoms with Gasteiger partial charge in [-0.2, -0.15) is 0 Å². The molecule has 0 bridgehead atoms. The molecule has 9 aliphatic heterocycles. The summed E-state index contributed by atoms with van der Waals surface area (Å²) in [5.41, 5.74) is -4.27. The minimum atomic E-state index is -4.75. The van der Waals surface area contributed by atoms with Crippen molar-refractivity contribution in [3.63, 3.8) is 0 Å². The van der Waals surface area contributed by atoms with Gasteiger partial charge in [0.25, 0.3) is 22.6 Å². The van der Waals surface area contributed by atoms with Crippen LogP contribution in [0.5, 0.6) is 23.0 Å². The topological polar surface area (TPSA) is 494 Å². The van der Waals surface area contributed by atoms with Crippen LogP contribution in [0.4, 0.5) is 35.1 Å². The van der Waals surface area contributed by atoms with E-state index in [4.69, 9.17) is 81.5 Å². The normalized spacial score (nSPS) is 34.2. The second-order valence-corrected chi connectivity index (χ2v) is 31.7. The average Bonchev–Trinajstić information content (AvgIpc) is 1.58. The molecule has 1 amide bonds. The van der Waals surface area contributed by atoms with Gasteiger partial charge < -0.3 is 67.7 Å². The first-order valence-electron chi connectivity index (χ1n) is 36.1. The minimum absolute atomic E-state index is 0.0286. The molecule has 116 heavy (non-hydrogen) atoms. The maximum atomic E-state index is 15.6. The molecular weight excluding hydrogens is 1660 g/mol. The number of H-pyrrole nitrogens is 3. The zero-order valence-electron chi connectivity index (χ0n) is 64.2. The smallest absolute Gasteiger partial charge is 0.404 e. The van der Waals surface area contributed by atoms with Crippen LogP contribution in [0.2, 0.25) is 0 Å². The number of amides is 1. The van der Waals surface area contributed by atoms with Gasteiger partial charge in [0.2, 0.25) is 23.4 Å². The molecule has 9 aliphatic rings. The molecule has 7 aromatic rings. The Morgan fingerprint density at radius 3 is 1.16 bits per heavy atom. The number of carbonyl (C=O) groups is 1. The Morgan fingerprint density at radius 1 is 0.457 bits per heavy atom. The van der Waals surface area contributed by atoms with E-state index in [0.29, 0.717) is 14.7 Å². The van der Waals surface area contributed by atoms with Gasteiger partial charge in [-0.1, -0.05) is 6.58 Å². The predicted octanol–water partition coefficient (Wildman–Crippen LogP) is 6.11. The predicted molar refractivity (Wildman–Crippen MR) is 367 cm³/mol. The number of aliphatic hydroxyl groups excluding tert-OH is 4. The molecule has 16 atom stereocenters. The van der Waals surface area contributed by atoms with Crippen molar-refractivity contribution in [3.8, 4) is 23.0 Å². The van der Waals surface area contributed by atoms with Crippen LogP contribution < -0.4 is 57.2 Å². The number of fused-ring (bicyclic) bond motifs is 4. The van der Waals surface area contributed by atoms with Gasteiger partial charge in [-0.3, -0.25) is 84.0 Å². The number of nitrogens with one attached hydrogen (secondary N) is 4. The number of aliphatic hydroxyl groups is 4. The molecule has 12 heterocycles. The first kappa shape index (κ1) is 76.6. The number of alkyl halides is 4. The second-order valence-electron chi connectivity index (χ2n) is 25.4. The summed E-state index contributed by atoms with van der Waals surface area (Å²) in [4.78, 5) is 87.0. The standard InChI is InChI=1S/C17H17F2N2O7P.3C16H15F2N2O8P/c1-10-20-15(23)4-5-21(10)16-13(22)7-17(19,27-16)9-26-29(24)25-8-11-6-12(18)2-3-14(11)28-29;3*17-10-1-2-12-9(5-10)7-25-29(24,28-12)26-8-16(18)6-11(21)14(27-16)20-4-3-13(22)19-15(20)23/h2-6,13,16,22H,1,7-9H2,(H,20,23);3*1-5,11,14,21H,6-8H2,(H,19,22,23)/t13-,16-,17+,29?;3*11-,14-,16+,29?/m1111/s1/i9D2,16D;14D;8D2;. The van der Waals surface area contributed by atoms with Crippen LogP contribution in [-0.4, -0.2) is 140 Å². The van der Waals surface area contributed by atoms with Crippen LogP contribution in [0.15, 0.2) is 163 Å². The lowest BCUT2D eigenvalue weighted by atomic mass is 10.1. The van der Waals surface area contributed by atoms with Gasteiger partial charge in [-0.05, 0) is 72.8 Å². The molecule has 0 aliphatic carbocycles. The summed E-state index contributed by atoms with van der Waals surface area (Å²) in [5.74, 6) is -15.6. The van der Waals surface area contributed by atoms with Gasteiger partial charge in [0, 0.05) is 97.0 Å². The number of halogens is 8. The monoisotopic (exact) mass is 1730 g/mol. The molecule has 0 spiro atoms. The van der Waals surface area contributed by atoms with E-state index in [-0.39, 0.29) is 58.7 Å². The van der Waals surface area contributed by atoms with Gasteiger partial charge in [0.1, 0.15) is 103 Å². The number of benzene rings is 4. The van der Waals surface area contributed by atoms with Crippen molar-refractivity contribution in [3.05, 3.63) is 242 Å². The lowest BCUT2D eigenvalue weighted by molar-refractivity contribution is -0.184. The van der Waals surface area contributed by atoms with E-state index in [9.17, 15) is 89.8 Å². The van der Waals surface area contributed by atoms with Crippen LogP contribution in [0, 0.1) is 23.3 Å². The number of phosphoric ester groups is 4. The van der Waals surface area contributed by atoms with Crippen molar-refractivity contribution < 1.29 is 160 Å². The molecule has 4 fully saturated rings. The lowest BCUT2D eigenvalue weighted by Gasteiger charge is -2.33. The summed E-state index contributed by atoms with van der Waals surface area (Å²) in [6.45, 7) is -7.08. The Morgan fingerprint density at radius 2 is 0.776 bits per heavy atom. The van der Waals surface area contributed by atoms with Gasteiger partial charge in [0.15, 0.2) is 24.9 Å². The molecule has 39 nitrogen and oxygen atoms in total. The highest BCUT2D eigenvalue weighted by Gasteiger charge is 2.55. The van der Waals surface area contributed by atoms with Crippen molar-refractivity contribution >= 4 is 37.2 Å². The highest BCUT2D eigenvalue weighted by Crippen LogP contribution is 2.60. The second kappa shape index (κ2) is 33.2. The first-order chi connectivity index (χ1) is 56.9. The SMILES string of the molecule is O=c1ccn([C@@H]2O[C@](F)(COP3(=O)OCc4cc(F)ccc4O3)C[C@H]2O)c(=O)[nH]1.[2H]C([2H])(OP1(=O)OCc2cc(F)ccc2O1)[C@]1(F)C[C@@H](O)[C@H](n2ccc(=O)[nH]c2=O)O1.[2H]C([2H])(OP1(=O)OCc2cc(F)ccc2O1)[C@]1(F)C[C@@H](O)[C@]([2H])(N2C=CC(=O)NC2=C)O1.[2H][C@@]1(n2ccc(=O)[nH]c2=O)O[C@](F)(COP2(=O)OCc3cc(F)ccc3O2)C[C@H]1O. The Kier molecular flexibility index (Phi) is 21.9. The number of aromatic nitrogens is 6. The fraction of sp³-hybridized carbons (Fsp3) is 0.369. The molecule has 3 aromatic heterocycles. The fourth-order valence-corrected chi connectivity index (χ4v) is 16.2. The van der Waals surface area contributed by atoms with Crippen LogP contribution in [0.25, 0.3) is 0 Å². The number of nitrogens with zero attached hydrogens (tertiary/aromatic N) is 4. The third kappa shape index (κ3) is 19.7. The quantitative estimate of drug-likeness (QED) is 0.0399. The zero-order valence-corrected chi connectivity index (χ0v) is 61.8. The highest BCUT2D eigenvalue weighted by atomic mass is 31.2. The summed E-state index contributed by atoms with van der Waals surface area (Å²) in [6, 6.07) is 16.0. The summed E-state index contributed by atoms with van der Waals surface area (Å²) in [7, 11) is -18.0. The van der Waals surface area contributed by atoms with Crippen molar-refractivity contribution in [2.45, 2.75) is 125 Å². The van der Waals surface area contributed by atoms with E-state index in [1.54, 1.807) is 0 Å². The molecule has 0 saturated carbocycles. The third-order valence-electron chi connectivity index (χ3n) is 16.8. The third-order valence-corrected chi connectivity index (χ3v) is 21.8. The van der Waals surface area contributed by atoms with Crippen LogP contribution in [-0.2, 0) is 105 Å². The van der Waals surface area contributed by atoms with Crippen molar-refractivity contribution in [2.24, 2.45) is 0 Å². The van der Waals surface area contributed by atoms with Gasteiger partial charge in [-0.15, -0.1) is 0 Å². The number of hydrogen-bond acceptors (Lipinski definition) is 32. The van der Waals surface area contributed by atoms with Gasteiger partial charge in [0.05, 0.1) is 34.7 Å². The van der Waals surface area contributed by atoms with Crippen LogP contribution >= 0.6 is 31.3 Å². The van der Waals surface area contributed by atoms with E-state index < -0.39 is 232 Å². The van der Waals surface area contributed by atoms with E-state index in [1.807, 2.05) is 15.0 Å². The van der Waals surface area contributed by atoms with E-state index in [1.165, 1.54) is 12.1 Å². The number of phosphoric acid groups is 4. The first-order valence-corrected chi connectivity index (χ1v) is 39.0. The minimum Gasteiger partial charge on any atom is -0.404 e. The molecule has 624 valence electrons. The number of aromatic amines is 3. The lowest BCUT2D eigenvalue weighted by Crippen LogP contribution is -2.45. The van der Waals surface area contributed by atoms with E-state index >= 15 is 17.6 Å². The highest BCUT2D eigenvalue weighted by molar-refractivity contribution is 7.49. The molecule has 51 heteroatoms. The van der Waals surface area contributed by atoms with Gasteiger partial charge in [-0.25, -0.2) is 67.8 Å². The molecule has 8 N–H and O–H groups in total. The summed E-state index contributed by atoms with van der Waals surface area (Å²) in [5, 5.41) is 43.0.